The first-order valence-corrected chi connectivity index (χ1v) is 9.40. The van der Waals surface area contributed by atoms with E-state index in [9.17, 15) is 4.79 Å². The summed E-state index contributed by atoms with van der Waals surface area (Å²) in [5, 5.41) is 0. The lowest BCUT2D eigenvalue weighted by Crippen LogP contribution is -2.30. The predicted octanol–water partition coefficient (Wildman–Crippen LogP) is 4.95. The fraction of sp³-hybridized carbons (Fsp3) is 0.348. The van der Waals surface area contributed by atoms with Crippen LogP contribution >= 0.6 is 0 Å². The molecule has 4 nitrogen and oxygen atoms in total. The average molecular weight is 365 g/mol. The van der Waals surface area contributed by atoms with E-state index in [1.807, 2.05) is 61.2 Å². The second-order valence-corrected chi connectivity index (χ2v) is 7.18. The Morgan fingerprint density at radius 3 is 2.56 bits per heavy atom. The van der Waals surface area contributed by atoms with Gasteiger partial charge in [0.2, 0.25) is 0 Å². The van der Waals surface area contributed by atoms with Gasteiger partial charge in [-0.15, -0.1) is 0 Å². The number of aryl methyl sites for hydroxylation is 1. The Bertz CT molecular complexity index is 883. The maximum atomic E-state index is 13.1. The standard InChI is InChI=1S/C23H27NO3/c1-6-27-22-13-17(16(4)11-21(22)26-5)12-19-18-9-7-8-10-20(18)24(23(19)25)14-15(2)3/h7-13,15H,6,14H2,1-5H3/b19-12-. The number of carbonyl (C=O) groups excluding carboxylic acids is 1. The number of rotatable bonds is 6. The summed E-state index contributed by atoms with van der Waals surface area (Å²) in [5.74, 6) is 1.85. The van der Waals surface area contributed by atoms with E-state index in [0.29, 0.717) is 30.6 Å². The van der Waals surface area contributed by atoms with E-state index in [0.717, 1.165) is 28.0 Å². The summed E-state index contributed by atoms with van der Waals surface area (Å²) in [6.07, 6.45) is 1.97. The van der Waals surface area contributed by atoms with Crippen molar-refractivity contribution in [2.75, 3.05) is 25.2 Å². The number of fused-ring (bicyclic) bond motifs is 1. The van der Waals surface area contributed by atoms with E-state index in [1.54, 1.807) is 7.11 Å². The summed E-state index contributed by atoms with van der Waals surface area (Å²) < 4.78 is 11.1. The predicted molar refractivity (Wildman–Crippen MR) is 110 cm³/mol. The number of nitrogens with zero attached hydrogens (tertiary/aromatic N) is 1. The highest BCUT2D eigenvalue weighted by Crippen LogP contribution is 2.39. The molecular formula is C23H27NO3. The Labute approximate surface area is 161 Å². The minimum atomic E-state index is 0.0538. The molecule has 0 bridgehead atoms. The van der Waals surface area contributed by atoms with E-state index in [1.165, 1.54) is 0 Å². The minimum absolute atomic E-state index is 0.0538. The van der Waals surface area contributed by atoms with Gasteiger partial charge in [-0.2, -0.15) is 0 Å². The molecule has 0 atom stereocenters. The second-order valence-electron chi connectivity index (χ2n) is 7.18. The molecule has 1 amide bonds. The first kappa shape index (κ1) is 19.0. The largest absolute Gasteiger partial charge is 0.493 e. The molecule has 2 aromatic rings. The van der Waals surface area contributed by atoms with Crippen LogP contribution in [0.15, 0.2) is 36.4 Å². The smallest absolute Gasteiger partial charge is 0.259 e. The topological polar surface area (TPSA) is 38.8 Å². The zero-order valence-electron chi connectivity index (χ0n) is 16.7. The van der Waals surface area contributed by atoms with Crippen LogP contribution in [0.2, 0.25) is 0 Å². The first-order valence-electron chi connectivity index (χ1n) is 9.40. The molecule has 0 N–H and O–H groups in total. The quantitative estimate of drug-likeness (QED) is 0.680. The van der Waals surface area contributed by atoms with Crippen molar-refractivity contribution in [2.45, 2.75) is 27.7 Å². The number of ether oxygens (including phenoxy) is 2. The van der Waals surface area contributed by atoms with Crippen molar-refractivity contribution in [1.29, 1.82) is 0 Å². The van der Waals surface area contributed by atoms with Crippen LogP contribution in [0.1, 0.15) is 37.5 Å². The molecule has 1 aliphatic rings. The number of benzene rings is 2. The molecule has 0 aromatic heterocycles. The first-order chi connectivity index (χ1) is 13.0. The molecule has 1 heterocycles. The lowest BCUT2D eigenvalue weighted by atomic mass is 10.0. The van der Waals surface area contributed by atoms with E-state index in [2.05, 4.69) is 13.8 Å². The molecular weight excluding hydrogens is 338 g/mol. The van der Waals surface area contributed by atoms with Crippen molar-refractivity contribution in [1.82, 2.24) is 0 Å². The van der Waals surface area contributed by atoms with Crippen LogP contribution in [0.4, 0.5) is 5.69 Å². The number of carbonyl (C=O) groups is 1. The highest BCUT2D eigenvalue weighted by molar-refractivity contribution is 6.35. The molecule has 0 saturated heterocycles. The monoisotopic (exact) mass is 365 g/mol. The lowest BCUT2D eigenvalue weighted by molar-refractivity contribution is -0.113. The van der Waals surface area contributed by atoms with Gasteiger partial charge in [0.1, 0.15) is 0 Å². The zero-order valence-corrected chi connectivity index (χ0v) is 16.7. The van der Waals surface area contributed by atoms with E-state index in [4.69, 9.17) is 9.47 Å². The molecule has 0 radical (unpaired) electrons. The molecule has 4 heteroatoms. The molecule has 0 saturated carbocycles. The SMILES string of the molecule is CCOc1cc(/C=C2\C(=O)N(CC(C)C)c3ccccc32)c(C)cc1OC. The molecule has 0 spiro atoms. The summed E-state index contributed by atoms with van der Waals surface area (Å²) in [6, 6.07) is 11.9. The van der Waals surface area contributed by atoms with Gasteiger partial charge < -0.3 is 14.4 Å². The maximum Gasteiger partial charge on any atom is 0.259 e. The third kappa shape index (κ3) is 3.70. The zero-order chi connectivity index (χ0) is 19.6. The highest BCUT2D eigenvalue weighted by Gasteiger charge is 2.32. The number of anilines is 1. The van der Waals surface area contributed by atoms with Crippen molar-refractivity contribution in [3.05, 3.63) is 53.1 Å². The Kier molecular flexibility index (Phi) is 5.54. The van der Waals surface area contributed by atoms with Crippen LogP contribution < -0.4 is 14.4 Å². The van der Waals surface area contributed by atoms with Crippen LogP contribution in [0.5, 0.6) is 11.5 Å². The summed E-state index contributed by atoms with van der Waals surface area (Å²) >= 11 is 0. The van der Waals surface area contributed by atoms with Gasteiger partial charge in [-0.3, -0.25) is 4.79 Å². The van der Waals surface area contributed by atoms with E-state index in [-0.39, 0.29) is 5.91 Å². The average Bonchev–Trinajstić information content (AvgIpc) is 2.90. The lowest BCUT2D eigenvalue weighted by Gasteiger charge is -2.19. The van der Waals surface area contributed by atoms with Crippen LogP contribution in [-0.2, 0) is 4.79 Å². The summed E-state index contributed by atoms with van der Waals surface area (Å²) in [6.45, 7) is 9.47. The third-order valence-electron chi connectivity index (χ3n) is 4.66. The fourth-order valence-corrected chi connectivity index (χ4v) is 3.41. The molecule has 27 heavy (non-hydrogen) atoms. The van der Waals surface area contributed by atoms with Crippen molar-refractivity contribution >= 4 is 23.2 Å². The molecule has 142 valence electrons. The number of methoxy groups -OCH3 is 1. The molecule has 0 unspecified atom stereocenters. The van der Waals surface area contributed by atoms with Gasteiger partial charge in [0.05, 0.1) is 19.4 Å². The third-order valence-corrected chi connectivity index (χ3v) is 4.66. The van der Waals surface area contributed by atoms with Crippen molar-refractivity contribution < 1.29 is 14.3 Å². The number of hydrogen-bond acceptors (Lipinski definition) is 3. The Morgan fingerprint density at radius 1 is 1.15 bits per heavy atom. The van der Waals surface area contributed by atoms with E-state index < -0.39 is 0 Å². The van der Waals surface area contributed by atoms with Crippen molar-refractivity contribution in [3.63, 3.8) is 0 Å². The number of para-hydroxylation sites is 1. The highest BCUT2D eigenvalue weighted by atomic mass is 16.5. The van der Waals surface area contributed by atoms with Gasteiger partial charge in [-0.05, 0) is 55.2 Å². The van der Waals surface area contributed by atoms with Gasteiger partial charge in [-0.1, -0.05) is 32.0 Å². The maximum absolute atomic E-state index is 13.1. The van der Waals surface area contributed by atoms with Crippen LogP contribution in [0.25, 0.3) is 11.6 Å². The second kappa shape index (κ2) is 7.87. The van der Waals surface area contributed by atoms with Gasteiger partial charge in [-0.25, -0.2) is 0 Å². The molecule has 0 fully saturated rings. The van der Waals surface area contributed by atoms with Crippen LogP contribution in [0, 0.1) is 12.8 Å². The van der Waals surface area contributed by atoms with Crippen LogP contribution in [0.3, 0.4) is 0 Å². The Balaban J connectivity index is 2.09. The number of amides is 1. The van der Waals surface area contributed by atoms with Gasteiger partial charge in [0, 0.05) is 17.7 Å². The van der Waals surface area contributed by atoms with Gasteiger partial charge in [0.25, 0.3) is 5.91 Å². The van der Waals surface area contributed by atoms with Gasteiger partial charge >= 0.3 is 0 Å². The molecule has 0 aliphatic carbocycles. The summed E-state index contributed by atoms with van der Waals surface area (Å²) in [4.78, 5) is 15.0. The molecule has 3 rings (SSSR count). The number of hydrogen-bond donors (Lipinski definition) is 0. The summed E-state index contributed by atoms with van der Waals surface area (Å²) in [7, 11) is 1.63. The molecule has 2 aromatic carbocycles. The summed E-state index contributed by atoms with van der Waals surface area (Å²) in [5.41, 5.74) is 4.69. The molecule has 1 aliphatic heterocycles. The van der Waals surface area contributed by atoms with Crippen molar-refractivity contribution in [2.24, 2.45) is 5.92 Å². The minimum Gasteiger partial charge on any atom is -0.493 e. The van der Waals surface area contributed by atoms with Crippen molar-refractivity contribution in [3.8, 4) is 11.5 Å². The van der Waals surface area contributed by atoms with Gasteiger partial charge in [0.15, 0.2) is 11.5 Å². The fourth-order valence-electron chi connectivity index (χ4n) is 3.41. The van der Waals surface area contributed by atoms with Crippen LogP contribution in [-0.4, -0.2) is 26.2 Å². The normalized spacial score (nSPS) is 14.8. The Hall–Kier alpha value is -2.75. The Morgan fingerprint density at radius 2 is 1.89 bits per heavy atom. The van der Waals surface area contributed by atoms with E-state index >= 15 is 0 Å².